The lowest BCUT2D eigenvalue weighted by atomic mass is 10.2. The second-order valence-corrected chi connectivity index (χ2v) is 3.35. The van der Waals surface area contributed by atoms with Gasteiger partial charge >= 0.3 is 0 Å². The molecule has 0 N–H and O–H groups in total. The summed E-state index contributed by atoms with van der Waals surface area (Å²) in [6.45, 7) is 0. The van der Waals surface area contributed by atoms with Gasteiger partial charge in [0, 0.05) is 12.1 Å². The largest absolute Gasteiger partial charge is 0.439 e. The fourth-order valence-electron chi connectivity index (χ4n) is 1.29. The Morgan fingerprint density at radius 2 is 2.17 bits per heavy atom. The van der Waals surface area contributed by atoms with Gasteiger partial charge in [0.15, 0.2) is 0 Å². The van der Waals surface area contributed by atoms with E-state index in [0.29, 0.717) is 11.3 Å². The van der Waals surface area contributed by atoms with Crippen molar-refractivity contribution >= 4 is 5.69 Å². The molecule has 88 valence electrons. The average Bonchev–Trinajstić information content (AvgIpc) is 2.39. The highest BCUT2D eigenvalue weighted by Crippen LogP contribution is 2.21. The summed E-state index contributed by atoms with van der Waals surface area (Å²) in [5.74, 6) is 0.686. The zero-order valence-corrected chi connectivity index (χ0v) is 9.11. The minimum absolute atomic E-state index is 0.104. The number of pyridine rings is 1. The van der Waals surface area contributed by atoms with Crippen molar-refractivity contribution in [3.8, 4) is 17.7 Å². The van der Waals surface area contributed by atoms with Gasteiger partial charge in [-0.1, -0.05) is 6.07 Å². The van der Waals surface area contributed by atoms with E-state index in [-0.39, 0.29) is 11.6 Å². The van der Waals surface area contributed by atoms with E-state index in [1.165, 1.54) is 12.1 Å². The Morgan fingerprint density at radius 1 is 1.33 bits per heavy atom. The third-order valence-electron chi connectivity index (χ3n) is 2.12. The number of nitrogens with zero attached hydrogens (tertiary/aromatic N) is 3. The fraction of sp³-hybridized carbons (Fsp3) is 0. The van der Waals surface area contributed by atoms with Crippen LogP contribution in [0.4, 0.5) is 5.69 Å². The van der Waals surface area contributed by atoms with Gasteiger partial charge in [-0.2, -0.15) is 5.26 Å². The Morgan fingerprint density at radius 3 is 2.78 bits per heavy atom. The summed E-state index contributed by atoms with van der Waals surface area (Å²) in [5.41, 5.74) is 0.363. The zero-order valence-electron chi connectivity index (χ0n) is 9.11. The lowest BCUT2D eigenvalue weighted by molar-refractivity contribution is -0.385. The molecule has 2 rings (SSSR count). The van der Waals surface area contributed by atoms with E-state index in [2.05, 4.69) is 4.98 Å². The first-order valence-corrected chi connectivity index (χ1v) is 4.97. The van der Waals surface area contributed by atoms with Crippen molar-refractivity contribution in [3.05, 3.63) is 58.3 Å². The van der Waals surface area contributed by atoms with E-state index in [9.17, 15) is 10.1 Å². The van der Waals surface area contributed by atoms with Crippen molar-refractivity contribution in [3.63, 3.8) is 0 Å². The number of ether oxygens (including phenoxy) is 1. The Kier molecular flexibility index (Phi) is 3.16. The molecule has 0 bridgehead atoms. The van der Waals surface area contributed by atoms with Crippen LogP contribution in [0.15, 0.2) is 42.6 Å². The SMILES string of the molecule is N#Cc1cccc(Oc2ccc([N+](=O)[O-])cn2)c1. The van der Waals surface area contributed by atoms with Crippen LogP contribution in [0.1, 0.15) is 5.56 Å². The Labute approximate surface area is 102 Å². The van der Waals surface area contributed by atoms with Crippen LogP contribution < -0.4 is 4.74 Å². The molecule has 0 fully saturated rings. The van der Waals surface area contributed by atoms with E-state index in [1.54, 1.807) is 24.3 Å². The molecule has 1 aromatic heterocycles. The highest BCUT2D eigenvalue weighted by molar-refractivity contribution is 5.38. The molecule has 0 saturated heterocycles. The number of benzene rings is 1. The van der Waals surface area contributed by atoms with Crippen molar-refractivity contribution in [2.75, 3.05) is 0 Å². The van der Waals surface area contributed by atoms with Crippen LogP contribution in [0.25, 0.3) is 0 Å². The van der Waals surface area contributed by atoms with Crippen molar-refractivity contribution < 1.29 is 9.66 Å². The van der Waals surface area contributed by atoms with Gasteiger partial charge in [0.25, 0.3) is 5.69 Å². The minimum Gasteiger partial charge on any atom is -0.439 e. The monoisotopic (exact) mass is 241 g/mol. The van der Waals surface area contributed by atoms with Crippen molar-refractivity contribution in [1.82, 2.24) is 4.98 Å². The lowest BCUT2D eigenvalue weighted by Gasteiger charge is -2.03. The normalized spacial score (nSPS) is 9.50. The molecule has 0 radical (unpaired) electrons. The predicted molar refractivity (Wildman–Crippen MR) is 62.1 cm³/mol. The van der Waals surface area contributed by atoms with Gasteiger partial charge in [0.05, 0.1) is 16.6 Å². The Hall–Kier alpha value is -2.94. The van der Waals surface area contributed by atoms with Gasteiger partial charge in [0.1, 0.15) is 11.9 Å². The Balaban J connectivity index is 2.18. The fourth-order valence-corrected chi connectivity index (χ4v) is 1.29. The smallest absolute Gasteiger partial charge is 0.287 e. The lowest BCUT2D eigenvalue weighted by Crippen LogP contribution is -1.91. The van der Waals surface area contributed by atoms with Gasteiger partial charge in [-0.15, -0.1) is 0 Å². The molecule has 0 aliphatic rings. The van der Waals surface area contributed by atoms with Crippen molar-refractivity contribution in [2.24, 2.45) is 0 Å². The highest BCUT2D eigenvalue weighted by Gasteiger charge is 2.06. The minimum atomic E-state index is -0.535. The maximum atomic E-state index is 10.4. The molecule has 0 saturated carbocycles. The quantitative estimate of drug-likeness (QED) is 0.608. The van der Waals surface area contributed by atoms with E-state index in [0.717, 1.165) is 6.20 Å². The van der Waals surface area contributed by atoms with Gasteiger partial charge in [-0.05, 0) is 18.2 Å². The standard InChI is InChI=1S/C12H7N3O3/c13-7-9-2-1-3-11(6-9)18-12-5-4-10(8-14-12)15(16)17/h1-6,8H. The van der Waals surface area contributed by atoms with Gasteiger partial charge < -0.3 is 4.74 Å². The predicted octanol–water partition coefficient (Wildman–Crippen LogP) is 2.65. The molecule has 0 atom stereocenters. The van der Waals surface area contributed by atoms with E-state index in [4.69, 9.17) is 10.00 Å². The summed E-state index contributed by atoms with van der Waals surface area (Å²) in [5, 5.41) is 19.2. The molecule has 6 nitrogen and oxygen atoms in total. The van der Waals surface area contributed by atoms with Crippen LogP contribution in [0, 0.1) is 21.4 Å². The highest BCUT2D eigenvalue weighted by atomic mass is 16.6. The van der Waals surface area contributed by atoms with Crippen molar-refractivity contribution in [1.29, 1.82) is 5.26 Å². The third kappa shape index (κ3) is 2.59. The van der Waals surface area contributed by atoms with E-state index < -0.39 is 4.92 Å². The summed E-state index contributed by atoms with van der Waals surface area (Å²) < 4.78 is 5.37. The molecule has 2 aromatic rings. The molecule has 1 aromatic carbocycles. The molecule has 18 heavy (non-hydrogen) atoms. The summed E-state index contributed by atoms with van der Waals surface area (Å²) >= 11 is 0. The van der Waals surface area contributed by atoms with Crippen LogP contribution >= 0.6 is 0 Å². The summed E-state index contributed by atoms with van der Waals surface area (Å²) in [7, 11) is 0. The number of aromatic nitrogens is 1. The molecule has 0 unspecified atom stereocenters. The van der Waals surface area contributed by atoms with Crippen LogP contribution in [-0.2, 0) is 0 Å². The summed E-state index contributed by atoms with van der Waals surface area (Å²) in [4.78, 5) is 13.7. The molecule has 0 spiro atoms. The van der Waals surface area contributed by atoms with Gasteiger partial charge in [0.2, 0.25) is 5.88 Å². The van der Waals surface area contributed by atoms with E-state index in [1.807, 2.05) is 6.07 Å². The first-order valence-electron chi connectivity index (χ1n) is 4.97. The van der Waals surface area contributed by atoms with Crippen LogP contribution in [0.5, 0.6) is 11.6 Å². The second kappa shape index (κ2) is 4.93. The zero-order chi connectivity index (χ0) is 13.0. The average molecular weight is 241 g/mol. The topological polar surface area (TPSA) is 89.0 Å². The number of nitriles is 1. The van der Waals surface area contributed by atoms with Crippen LogP contribution in [0.3, 0.4) is 0 Å². The van der Waals surface area contributed by atoms with E-state index >= 15 is 0 Å². The maximum Gasteiger partial charge on any atom is 0.287 e. The van der Waals surface area contributed by atoms with Crippen molar-refractivity contribution in [2.45, 2.75) is 0 Å². The molecular weight excluding hydrogens is 234 g/mol. The van der Waals surface area contributed by atoms with Crippen LogP contribution in [0.2, 0.25) is 0 Å². The summed E-state index contributed by atoms with van der Waals surface area (Å²) in [6.07, 6.45) is 1.11. The molecule has 6 heteroatoms. The first kappa shape index (κ1) is 11.5. The molecule has 1 heterocycles. The number of nitro groups is 1. The second-order valence-electron chi connectivity index (χ2n) is 3.35. The molecule has 0 aliphatic heterocycles. The van der Waals surface area contributed by atoms with Gasteiger partial charge in [-0.25, -0.2) is 4.98 Å². The number of hydrogen-bond donors (Lipinski definition) is 0. The molecule has 0 amide bonds. The maximum absolute atomic E-state index is 10.4. The Bertz CT molecular complexity index is 617. The summed E-state index contributed by atoms with van der Waals surface area (Å²) in [6, 6.07) is 11.2. The first-order chi connectivity index (χ1) is 8.69. The van der Waals surface area contributed by atoms with Gasteiger partial charge in [-0.3, -0.25) is 10.1 Å². The molecule has 0 aliphatic carbocycles. The third-order valence-corrected chi connectivity index (χ3v) is 2.12. The molecular formula is C12H7N3O3. The number of hydrogen-bond acceptors (Lipinski definition) is 5. The van der Waals surface area contributed by atoms with Crippen LogP contribution in [-0.4, -0.2) is 9.91 Å². The number of rotatable bonds is 3.